The number of carbonyl (C=O) groups is 3. The smallest absolute Gasteiger partial charge is 0.266 e. The van der Waals surface area contributed by atoms with Crippen LogP contribution in [-0.4, -0.2) is 94.1 Å². The zero-order chi connectivity index (χ0) is 40.7. The van der Waals surface area contributed by atoms with Crippen molar-refractivity contribution in [2.45, 2.75) is 51.7 Å². The van der Waals surface area contributed by atoms with Gasteiger partial charge in [0.15, 0.2) is 17.1 Å². The van der Waals surface area contributed by atoms with E-state index in [9.17, 15) is 24.3 Å². The number of ether oxygens (including phenoxy) is 3. The maximum absolute atomic E-state index is 12.9. The molecule has 0 fully saturated rings. The van der Waals surface area contributed by atoms with Crippen molar-refractivity contribution in [2.75, 3.05) is 39.6 Å². The first-order valence-electron chi connectivity index (χ1n) is 19.0. The van der Waals surface area contributed by atoms with Gasteiger partial charge in [0.05, 0.1) is 32.6 Å². The second kappa shape index (κ2) is 21.1. The fourth-order valence-electron chi connectivity index (χ4n) is 6.10. The summed E-state index contributed by atoms with van der Waals surface area (Å²) in [4.78, 5) is 59.1. The second-order valence-electron chi connectivity index (χ2n) is 14.1. The molecule has 57 heavy (non-hydrogen) atoms. The Morgan fingerprint density at radius 2 is 1.68 bits per heavy atom. The first-order chi connectivity index (χ1) is 27.5. The van der Waals surface area contributed by atoms with Gasteiger partial charge in [0.1, 0.15) is 35.4 Å². The normalized spacial score (nSPS) is 13.0. The minimum Gasteiger partial charge on any atom is -0.490 e. The number of nitrogens with one attached hydrogen (secondary N) is 1. The topological polar surface area (TPSA) is 211 Å². The summed E-state index contributed by atoms with van der Waals surface area (Å²) in [7, 11) is 1.55. The van der Waals surface area contributed by atoms with Crippen LogP contribution >= 0.6 is 0 Å². The van der Waals surface area contributed by atoms with E-state index >= 15 is 0 Å². The molecule has 15 heteroatoms. The van der Waals surface area contributed by atoms with Crippen molar-refractivity contribution < 1.29 is 38.1 Å². The number of ketones is 2. The van der Waals surface area contributed by atoms with Gasteiger partial charge < -0.3 is 34.8 Å². The van der Waals surface area contributed by atoms with Crippen LogP contribution in [0.15, 0.2) is 88.2 Å². The Morgan fingerprint density at radius 1 is 0.930 bits per heavy atom. The van der Waals surface area contributed by atoms with Crippen molar-refractivity contribution in [1.82, 2.24) is 25.1 Å². The third kappa shape index (κ3) is 13.0. The van der Waals surface area contributed by atoms with Gasteiger partial charge in [0.25, 0.3) is 5.56 Å². The van der Waals surface area contributed by atoms with Crippen LogP contribution in [0.25, 0.3) is 22.7 Å². The van der Waals surface area contributed by atoms with Crippen LogP contribution in [0.2, 0.25) is 0 Å². The number of hydrogen-bond donors (Lipinski definition) is 3. The van der Waals surface area contributed by atoms with Gasteiger partial charge >= 0.3 is 0 Å². The van der Waals surface area contributed by atoms with Crippen LogP contribution < -0.4 is 21.3 Å². The minimum absolute atomic E-state index is 0.0897. The predicted octanol–water partition coefficient (Wildman–Crippen LogP) is 3.49. The highest BCUT2D eigenvalue weighted by molar-refractivity contribution is 5.96. The number of amides is 1. The number of oxazole rings is 1. The fourth-order valence-corrected chi connectivity index (χ4v) is 6.10. The molecule has 3 atom stereocenters. The zero-order valence-electron chi connectivity index (χ0n) is 32.5. The monoisotopic (exact) mass is 782 g/mol. The first-order valence-corrected chi connectivity index (χ1v) is 19.0. The molecule has 0 bridgehead atoms. The number of pyridine rings is 1. The van der Waals surface area contributed by atoms with Crippen molar-refractivity contribution in [1.29, 1.82) is 0 Å². The molecule has 3 aromatic heterocycles. The summed E-state index contributed by atoms with van der Waals surface area (Å²) < 4.78 is 23.8. The first kappa shape index (κ1) is 42.5. The van der Waals surface area contributed by atoms with Gasteiger partial charge in [0.2, 0.25) is 11.8 Å². The molecule has 5 rings (SSSR count). The Labute approximate surface area is 330 Å². The summed E-state index contributed by atoms with van der Waals surface area (Å²) in [5.41, 5.74) is 9.37. The largest absolute Gasteiger partial charge is 0.490 e. The molecule has 0 aliphatic rings. The molecule has 2 aromatic carbocycles. The van der Waals surface area contributed by atoms with Gasteiger partial charge in [-0.15, -0.1) is 0 Å². The number of Topliss-reactive ketones (excluding diaryl/α,β-unsaturated/α-hetero) is 2. The van der Waals surface area contributed by atoms with Crippen LogP contribution in [0.4, 0.5) is 0 Å². The molecule has 5 aromatic rings. The quantitative estimate of drug-likeness (QED) is 0.0641. The lowest BCUT2D eigenvalue weighted by atomic mass is 9.88. The lowest BCUT2D eigenvalue weighted by Crippen LogP contribution is -2.44. The Bertz CT molecular complexity index is 2140. The molecule has 0 spiro atoms. The van der Waals surface area contributed by atoms with E-state index in [-0.39, 0.29) is 61.7 Å². The average molecular weight is 783 g/mol. The van der Waals surface area contributed by atoms with Gasteiger partial charge in [-0.1, -0.05) is 50.2 Å². The number of aromatic nitrogens is 4. The number of nitrogens with zero attached hydrogens (tertiary/aromatic N) is 4. The molecule has 0 unspecified atom stereocenters. The summed E-state index contributed by atoms with van der Waals surface area (Å²) in [5, 5.41) is 17.6. The molecule has 0 saturated heterocycles. The molecule has 4 N–H and O–H groups in total. The van der Waals surface area contributed by atoms with E-state index < -0.39 is 23.8 Å². The zero-order valence-corrected chi connectivity index (χ0v) is 32.5. The molecule has 0 aliphatic carbocycles. The van der Waals surface area contributed by atoms with Crippen molar-refractivity contribution >= 4 is 28.6 Å². The molecule has 1 amide bonds. The second-order valence-corrected chi connectivity index (χ2v) is 14.1. The SMILES string of the molecule is CC(C)C[C@H](CC(=O)[C@@H](O)[C@H](N)Cc1ccccc1)C(=O)NCCOCCOCCOc1ccc(C(=O)Cc2ccc3oc(-c4ccc(=O)n(C)n4)nc3c2)nc1. The molecule has 0 saturated carbocycles. The highest BCUT2D eigenvalue weighted by atomic mass is 16.5. The molecular weight excluding hydrogens is 732 g/mol. The van der Waals surface area contributed by atoms with E-state index in [1.165, 1.54) is 16.9 Å². The van der Waals surface area contributed by atoms with Crippen molar-refractivity contribution in [3.05, 3.63) is 106 Å². The van der Waals surface area contributed by atoms with E-state index in [0.717, 1.165) is 11.1 Å². The third-order valence-corrected chi connectivity index (χ3v) is 9.06. The highest BCUT2D eigenvalue weighted by Gasteiger charge is 2.29. The van der Waals surface area contributed by atoms with Gasteiger partial charge in [-0.25, -0.2) is 14.6 Å². The lowest BCUT2D eigenvalue weighted by molar-refractivity contribution is -0.134. The number of nitrogens with two attached hydrogens (primary N) is 1. The van der Waals surface area contributed by atoms with E-state index in [0.29, 0.717) is 60.9 Å². The number of benzene rings is 2. The Kier molecular flexibility index (Phi) is 15.7. The van der Waals surface area contributed by atoms with Crippen LogP contribution in [0, 0.1) is 11.8 Å². The summed E-state index contributed by atoms with van der Waals surface area (Å²) >= 11 is 0. The Hall–Kier alpha value is -5.61. The molecule has 302 valence electrons. The number of hydrogen-bond acceptors (Lipinski definition) is 13. The molecule has 0 radical (unpaired) electrons. The summed E-state index contributed by atoms with van der Waals surface area (Å²) in [6.07, 6.45) is 1.01. The van der Waals surface area contributed by atoms with Crippen LogP contribution in [0.3, 0.4) is 0 Å². The Morgan fingerprint density at radius 3 is 2.40 bits per heavy atom. The number of carbonyl (C=O) groups excluding carboxylic acids is 3. The summed E-state index contributed by atoms with van der Waals surface area (Å²) in [6.45, 7) is 5.68. The number of rotatable bonds is 23. The van der Waals surface area contributed by atoms with E-state index in [1.54, 1.807) is 43.4 Å². The van der Waals surface area contributed by atoms with Crippen molar-refractivity contribution in [3.63, 3.8) is 0 Å². The van der Waals surface area contributed by atoms with Crippen LogP contribution in [-0.2, 0) is 39.0 Å². The van der Waals surface area contributed by atoms with Crippen molar-refractivity contribution in [2.24, 2.45) is 24.6 Å². The van der Waals surface area contributed by atoms with E-state index in [4.69, 9.17) is 24.4 Å². The van der Waals surface area contributed by atoms with Gasteiger partial charge in [-0.3, -0.25) is 19.2 Å². The molecule has 15 nitrogen and oxygen atoms in total. The minimum atomic E-state index is -1.36. The Balaban J connectivity index is 0.941. The third-order valence-electron chi connectivity index (χ3n) is 9.06. The molecular formula is C42H50N6O9. The summed E-state index contributed by atoms with van der Waals surface area (Å²) in [5.74, 6) is -0.512. The van der Waals surface area contributed by atoms with Crippen molar-refractivity contribution in [3.8, 4) is 17.3 Å². The van der Waals surface area contributed by atoms with Crippen LogP contribution in [0.5, 0.6) is 5.75 Å². The number of aliphatic hydroxyl groups is 1. The highest BCUT2D eigenvalue weighted by Crippen LogP contribution is 2.24. The number of fused-ring (bicyclic) bond motifs is 1. The number of aliphatic hydroxyl groups excluding tert-OH is 1. The van der Waals surface area contributed by atoms with Gasteiger partial charge in [-0.2, -0.15) is 5.10 Å². The predicted molar refractivity (Wildman–Crippen MR) is 212 cm³/mol. The van der Waals surface area contributed by atoms with Gasteiger partial charge in [-0.05, 0) is 60.2 Å². The molecule has 0 aliphatic heterocycles. The maximum Gasteiger partial charge on any atom is 0.266 e. The number of aryl methyl sites for hydroxylation is 1. The lowest BCUT2D eigenvalue weighted by Gasteiger charge is -2.22. The summed E-state index contributed by atoms with van der Waals surface area (Å²) in [6, 6.07) is 20.2. The average Bonchev–Trinajstić information content (AvgIpc) is 3.63. The standard InChI is InChI=1S/C42H50N6O9/c1-27(2)21-30(25-37(50)40(52)32(43)22-28-7-5-4-6-8-28)41(53)44-15-16-54-17-18-55-19-20-56-31-10-11-33(45-26-31)36(49)24-29-9-13-38-35(23-29)46-42(57-38)34-12-14-39(51)48(3)47-34/h4-14,23,26-27,30,32,40,52H,15-22,24-25,43H2,1-3H3,(H,44,53)/t30-,32-,40+/m1/s1. The van der Waals surface area contributed by atoms with Gasteiger partial charge in [0, 0.05) is 44.5 Å². The van der Waals surface area contributed by atoms with E-state index in [2.05, 4.69) is 20.4 Å². The van der Waals surface area contributed by atoms with E-state index in [1.807, 2.05) is 44.2 Å². The van der Waals surface area contributed by atoms with Crippen LogP contribution in [0.1, 0.15) is 48.3 Å². The maximum atomic E-state index is 12.9. The fraction of sp³-hybridized carbons (Fsp3) is 0.405. The molecule has 3 heterocycles.